The number of benzene rings is 1. The van der Waals surface area contributed by atoms with Crippen molar-refractivity contribution in [2.45, 2.75) is 19.9 Å². The number of aromatic nitrogens is 4. The molecule has 4 aromatic rings. The highest BCUT2D eigenvalue weighted by atomic mass is 32.1. The Hall–Kier alpha value is -3.98. The van der Waals surface area contributed by atoms with Crippen molar-refractivity contribution in [3.8, 4) is 17.1 Å². The number of thiophene rings is 1. The van der Waals surface area contributed by atoms with Crippen LogP contribution in [-0.2, 0) is 4.79 Å². The number of rotatable bonds is 5. The molecule has 0 spiro atoms. The number of carbonyl (C=O) groups is 1. The van der Waals surface area contributed by atoms with E-state index in [0.29, 0.717) is 23.0 Å². The maximum absolute atomic E-state index is 13.5. The Morgan fingerprint density at radius 3 is 2.82 bits per heavy atom. The molecule has 1 aliphatic rings. The number of nitrogens with one attached hydrogen (secondary N) is 2. The van der Waals surface area contributed by atoms with Gasteiger partial charge in [-0.3, -0.25) is 9.78 Å². The topological polar surface area (TPSA) is 94.0 Å². The molecule has 0 bridgehead atoms. The third kappa shape index (κ3) is 3.87. The fourth-order valence-corrected chi connectivity index (χ4v) is 4.89. The van der Waals surface area contributed by atoms with Crippen LogP contribution in [0.4, 0.5) is 11.6 Å². The Morgan fingerprint density at radius 1 is 1.21 bits per heavy atom. The molecule has 1 aromatic carbocycles. The number of carbonyl (C=O) groups excluding carboxylic acids is 1. The average Bonchev–Trinajstić information content (AvgIpc) is 3.44. The first-order valence-corrected chi connectivity index (χ1v) is 11.3. The molecule has 2 N–H and O–H groups in total. The van der Waals surface area contributed by atoms with Crippen molar-refractivity contribution < 1.29 is 9.53 Å². The molecule has 0 saturated heterocycles. The maximum atomic E-state index is 13.5. The molecule has 0 radical (unpaired) electrons. The molecular weight excluding hydrogens is 436 g/mol. The van der Waals surface area contributed by atoms with Gasteiger partial charge in [0.1, 0.15) is 11.8 Å². The van der Waals surface area contributed by atoms with E-state index >= 15 is 0 Å². The summed E-state index contributed by atoms with van der Waals surface area (Å²) in [7, 11) is 1.63. The van der Waals surface area contributed by atoms with E-state index in [9.17, 15) is 4.79 Å². The van der Waals surface area contributed by atoms with E-state index in [1.54, 1.807) is 41.6 Å². The highest BCUT2D eigenvalue weighted by Crippen LogP contribution is 2.40. The number of anilines is 2. The highest BCUT2D eigenvalue weighted by Gasteiger charge is 2.36. The van der Waals surface area contributed by atoms with Crippen LogP contribution in [0.1, 0.15) is 23.4 Å². The molecule has 33 heavy (non-hydrogen) atoms. The molecule has 5 rings (SSSR count). The van der Waals surface area contributed by atoms with Gasteiger partial charge in [0.2, 0.25) is 5.95 Å². The van der Waals surface area contributed by atoms with Crippen molar-refractivity contribution in [1.82, 2.24) is 19.7 Å². The summed E-state index contributed by atoms with van der Waals surface area (Å²) >= 11 is 1.60. The number of hydrogen-bond acceptors (Lipinski definition) is 7. The second kappa shape index (κ2) is 8.51. The van der Waals surface area contributed by atoms with Gasteiger partial charge in [-0.25, -0.2) is 4.68 Å². The van der Waals surface area contributed by atoms with E-state index in [-0.39, 0.29) is 5.91 Å². The Balaban J connectivity index is 1.60. The minimum atomic E-state index is -0.412. The summed E-state index contributed by atoms with van der Waals surface area (Å²) < 4.78 is 7.14. The third-order valence-corrected chi connectivity index (χ3v) is 6.57. The Morgan fingerprint density at radius 2 is 2.09 bits per heavy atom. The number of methoxy groups -OCH3 is 1. The highest BCUT2D eigenvalue weighted by molar-refractivity contribution is 7.10. The number of aryl methyl sites for hydroxylation is 1. The van der Waals surface area contributed by atoms with Crippen molar-refractivity contribution in [3.63, 3.8) is 0 Å². The Labute approximate surface area is 195 Å². The van der Waals surface area contributed by atoms with Crippen LogP contribution in [0.2, 0.25) is 0 Å². The van der Waals surface area contributed by atoms with Crippen LogP contribution in [0, 0.1) is 6.92 Å². The molecule has 0 fully saturated rings. The second-order valence-corrected chi connectivity index (χ2v) is 8.61. The molecule has 1 amide bonds. The van der Waals surface area contributed by atoms with Crippen molar-refractivity contribution in [2.24, 2.45) is 0 Å². The monoisotopic (exact) mass is 458 g/mol. The standard InChI is InChI=1S/C24H22N6O2S/c1-14-9-11-33-21(14)20-19(23(31)27-17-7-5-10-25-13-17)15(2)26-24-28-22(29-30(20)24)16-6-4-8-18(12-16)32-3/h4-13,20H,1-3H3,(H,27,31)(H,26,28,29). The van der Waals surface area contributed by atoms with Gasteiger partial charge < -0.3 is 15.4 Å². The van der Waals surface area contributed by atoms with Gasteiger partial charge in [-0.2, -0.15) is 4.98 Å². The van der Waals surface area contributed by atoms with Crippen molar-refractivity contribution in [3.05, 3.63) is 81.9 Å². The van der Waals surface area contributed by atoms with Gasteiger partial charge in [0, 0.05) is 22.3 Å². The van der Waals surface area contributed by atoms with Crippen molar-refractivity contribution >= 4 is 28.9 Å². The summed E-state index contributed by atoms with van der Waals surface area (Å²) in [6, 6.07) is 12.8. The fourth-order valence-electron chi connectivity index (χ4n) is 3.87. The quantitative estimate of drug-likeness (QED) is 0.452. The molecule has 4 heterocycles. The lowest BCUT2D eigenvalue weighted by Gasteiger charge is -2.28. The molecule has 1 unspecified atom stereocenters. The van der Waals surface area contributed by atoms with Gasteiger partial charge in [0.15, 0.2) is 5.82 Å². The Kier molecular flexibility index (Phi) is 5.39. The molecule has 0 saturated carbocycles. The predicted octanol–water partition coefficient (Wildman–Crippen LogP) is 4.65. The largest absolute Gasteiger partial charge is 0.497 e. The molecule has 3 aromatic heterocycles. The average molecular weight is 459 g/mol. The second-order valence-electron chi connectivity index (χ2n) is 7.67. The minimum absolute atomic E-state index is 0.213. The van der Waals surface area contributed by atoms with Crippen LogP contribution in [-0.4, -0.2) is 32.8 Å². The minimum Gasteiger partial charge on any atom is -0.497 e. The van der Waals surface area contributed by atoms with Crippen LogP contribution in [0.25, 0.3) is 11.4 Å². The van der Waals surface area contributed by atoms with Gasteiger partial charge in [0.25, 0.3) is 5.91 Å². The first-order chi connectivity index (χ1) is 16.0. The summed E-state index contributed by atoms with van der Waals surface area (Å²) in [6.45, 7) is 3.93. The summed E-state index contributed by atoms with van der Waals surface area (Å²) in [6.07, 6.45) is 3.29. The number of hydrogen-bond donors (Lipinski definition) is 2. The molecule has 166 valence electrons. The van der Waals surface area contributed by atoms with Gasteiger partial charge >= 0.3 is 0 Å². The molecule has 9 heteroatoms. The summed E-state index contributed by atoms with van der Waals surface area (Å²) in [5.74, 6) is 1.65. The molecule has 8 nitrogen and oxygen atoms in total. The van der Waals surface area contributed by atoms with Gasteiger partial charge in [-0.1, -0.05) is 12.1 Å². The van der Waals surface area contributed by atoms with Crippen LogP contribution in [0.15, 0.2) is 71.5 Å². The summed E-state index contributed by atoms with van der Waals surface area (Å²) in [5, 5.41) is 13.1. The zero-order chi connectivity index (χ0) is 22.9. The third-order valence-electron chi connectivity index (χ3n) is 5.49. The zero-order valence-electron chi connectivity index (χ0n) is 18.4. The molecule has 1 atom stereocenters. The number of pyridine rings is 1. The van der Waals surface area contributed by atoms with E-state index in [1.165, 1.54) is 0 Å². The van der Waals surface area contributed by atoms with E-state index in [1.807, 2.05) is 55.6 Å². The molecular formula is C24H22N6O2S. The van der Waals surface area contributed by atoms with E-state index < -0.39 is 6.04 Å². The maximum Gasteiger partial charge on any atom is 0.255 e. The van der Waals surface area contributed by atoms with E-state index in [4.69, 9.17) is 14.8 Å². The van der Waals surface area contributed by atoms with Crippen LogP contribution < -0.4 is 15.4 Å². The van der Waals surface area contributed by atoms with E-state index in [2.05, 4.69) is 15.6 Å². The van der Waals surface area contributed by atoms with Crippen LogP contribution >= 0.6 is 11.3 Å². The SMILES string of the molecule is COc1cccc(-c2nc3n(n2)C(c2sccc2C)C(C(=O)Nc2cccnc2)=C(C)N3)c1. The lowest BCUT2D eigenvalue weighted by atomic mass is 9.99. The Bertz CT molecular complexity index is 1360. The first kappa shape index (κ1) is 20.9. The van der Waals surface area contributed by atoms with Gasteiger partial charge in [-0.05, 0) is 55.1 Å². The van der Waals surface area contributed by atoms with Crippen LogP contribution in [0.3, 0.4) is 0 Å². The smallest absolute Gasteiger partial charge is 0.255 e. The van der Waals surface area contributed by atoms with Gasteiger partial charge in [-0.15, -0.1) is 16.4 Å². The number of amides is 1. The zero-order valence-corrected chi connectivity index (χ0v) is 19.2. The summed E-state index contributed by atoms with van der Waals surface area (Å²) in [5.41, 5.74) is 3.87. The number of ether oxygens (including phenoxy) is 1. The van der Waals surface area contributed by atoms with Crippen LogP contribution in [0.5, 0.6) is 5.75 Å². The molecule has 1 aliphatic heterocycles. The van der Waals surface area contributed by atoms with Gasteiger partial charge in [0.05, 0.1) is 24.6 Å². The van der Waals surface area contributed by atoms with E-state index in [0.717, 1.165) is 27.5 Å². The lowest BCUT2D eigenvalue weighted by Crippen LogP contribution is -2.31. The predicted molar refractivity (Wildman–Crippen MR) is 128 cm³/mol. The molecule has 0 aliphatic carbocycles. The summed E-state index contributed by atoms with van der Waals surface area (Å²) in [4.78, 5) is 23.3. The first-order valence-electron chi connectivity index (χ1n) is 10.4. The fraction of sp³-hybridized carbons (Fsp3) is 0.167. The van der Waals surface area contributed by atoms with Crippen molar-refractivity contribution in [2.75, 3.05) is 17.7 Å². The number of allylic oxidation sites excluding steroid dienone is 1. The van der Waals surface area contributed by atoms with Crippen molar-refractivity contribution in [1.29, 1.82) is 0 Å². The normalized spacial score (nSPS) is 15.1. The number of nitrogens with zero attached hydrogens (tertiary/aromatic N) is 4. The number of fused-ring (bicyclic) bond motifs is 1. The lowest BCUT2D eigenvalue weighted by molar-refractivity contribution is -0.113.